The Bertz CT molecular complexity index is 848. The van der Waals surface area contributed by atoms with Gasteiger partial charge in [0, 0.05) is 11.1 Å². The minimum Gasteiger partial charge on any atom is -0.319 e. The van der Waals surface area contributed by atoms with E-state index in [4.69, 9.17) is 4.99 Å². The molecule has 1 unspecified atom stereocenters. The van der Waals surface area contributed by atoms with Crippen LogP contribution in [0.15, 0.2) is 58.6 Å². The van der Waals surface area contributed by atoms with Gasteiger partial charge in [-0.25, -0.2) is 0 Å². The Kier molecular flexibility index (Phi) is 2.90. The van der Waals surface area contributed by atoms with Crippen molar-refractivity contribution in [2.45, 2.75) is 37.6 Å². The van der Waals surface area contributed by atoms with Crippen LogP contribution >= 0.6 is 11.8 Å². The van der Waals surface area contributed by atoms with Gasteiger partial charge in [-0.2, -0.15) is 0 Å². The average Bonchev–Trinajstić information content (AvgIpc) is 3.11. The third kappa shape index (κ3) is 1.86. The Hall–Kier alpha value is -1.74. The smallest absolute Gasteiger partial charge is 0.168 e. The predicted molar refractivity (Wildman–Crippen MR) is 98.8 cm³/mol. The van der Waals surface area contributed by atoms with Gasteiger partial charge in [0.05, 0.1) is 12.6 Å². The van der Waals surface area contributed by atoms with Gasteiger partial charge in [-0.3, -0.25) is 4.99 Å². The summed E-state index contributed by atoms with van der Waals surface area (Å²) in [5, 5.41) is 6.26. The van der Waals surface area contributed by atoms with Crippen LogP contribution in [0, 0.1) is 0 Å². The molecule has 1 atom stereocenters. The summed E-state index contributed by atoms with van der Waals surface area (Å²) in [6.45, 7) is 3.23. The molecular weight excluding hydrogens is 300 g/mol. The van der Waals surface area contributed by atoms with E-state index in [0.29, 0.717) is 6.04 Å². The van der Waals surface area contributed by atoms with E-state index in [9.17, 15) is 0 Å². The highest BCUT2D eigenvalue weighted by Gasteiger charge is 2.48. The molecule has 0 aromatic heterocycles. The van der Waals surface area contributed by atoms with Crippen LogP contribution in [0.3, 0.4) is 0 Å². The normalized spacial score (nSPS) is 25.1. The molecule has 5 rings (SSSR count). The van der Waals surface area contributed by atoms with Gasteiger partial charge >= 0.3 is 0 Å². The zero-order chi connectivity index (χ0) is 15.4. The zero-order valence-corrected chi connectivity index (χ0v) is 14.1. The minimum absolute atomic E-state index is 0.201. The van der Waals surface area contributed by atoms with Crippen LogP contribution in [0.25, 0.3) is 10.8 Å². The van der Waals surface area contributed by atoms with Crippen molar-refractivity contribution in [2.24, 2.45) is 4.99 Å². The molecule has 1 fully saturated rings. The van der Waals surface area contributed by atoms with Gasteiger partial charge in [0.2, 0.25) is 0 Å². The fraction of sp³-hybridized carbons (Fsp3) is 0.350. The lowest BCUT2D eigenvalue weighted by Gasteiger charge is -2.47. The van der Waals surface area contributed by atoms with Gasteiger partial charge in [-0.1, -0.05) is 60.6 Å². The first-order valence-electron chi connectivity index (χ1n) is 8.48. The van der Waals surface area contributed by atoms with Gasteiger partial charge < -0.3 is 4.90 Å². The van der Waals surface area contributed by atoms with Crippen molar-refractivity contribution in [1.82, 2.24) is 4.90 Å². The first kappa shape index (κ1) is 13.7. The molecule has 0 saturated heterocycles. The second-order valence-electron chi connectivity index (χ2n) is 6.96. The summed E-state index contributed by atoms with van der Waals surface area (Å²) in [4.78, 5) is 7.20. The number of hydrogen-bond acceptors (Lipinski definition) is 3. The van der Waals surface area contributed by atoms with Crippen LogP contribution in [-0.4, -0.2) is 22.7 Å². The van der Waals surface area contributed by atoms with E-state index in [0.717, 1.165) is 6.54 Å². The topological polar surface area (TPSA) is 15.6 Å². The predicted octanol–water partition coefficient (Wildman–Crippen LogP) is 4.91. The van der Waals surface area contributed by atoms with Crippen molar-refractivity contribution in [3.05, 3.63) is 59.1 Å². The Labute approximate surface area is 141 Å². The number of fused-ring (bicyclic) bond motifs is 2. The molecule has 3 heteroatoms. The van der Waals surface area contributed by atoms with Crippen molar-refractivity contribution in [2.75, 3.05) is 6.54 Å². The van der Waals surface area contributed by atoms with E-state index < -0.39 is 0 Å². The van der Waals surface area contributed by atoms with Crippen LogP contribution in [0.5, 0.6) is 0 Å². The highest BCUT2D eigenvalue weighted by atomic mass is 32.2. The third-order valence-corrected chi connectivity index (χ3v) is 6.55. The highest BCUT2D eigenvalue weighted by molar-refractivity contribution is 8.16. The van der Waals surface area contributed by atoms with Crippen LogP contribution in [-0.2, 0) is 5.41 Å². The molecule has 2 aliphatic heterocycles. The number of thioether (sulfide) groups is 1. The van der Waals surface area contributed by atoms with Gasteiger partial charge in [-0.15, -0.1) is 0 Å². The summed E-state index contributed by atoms with van der Waals surface area (Å²) in [5.74, 6) is 0. The maximum atomic E-state index is 4.70. The first-order valence-corrected chi connectivity index (χ1v) is 9.36. The molecule has 0 bridgehead atoms. The third-order valence-electron chi connectivity index (χ3n) is 5.67. The van der Waals surface area contributed by atoms with Gasteiger partial charge in [0.15, 0.2) is 5.17 Å². The summed E-state index contributed by atoms with van der Waals surface area (Å²) >= 11 is 1.81. The van der Waals surface area contributed by atoms with Crippen molar-refractivity contribution in [1.29, 1.82) is 0 Å². The van der Waals surface area contributed by atoms with E-state index in [1.54, 1.807) is 0 Å². The van der Waals surface area contributed by atoms with Crippen LogP contribution in [0.1, 0.15) is 31.7 Å². The summed E-state index contributed by atoms with van der Waals surface area (Å²) < 4.78 is 0. The highest BCUT2D eigenvalue weighted by Crippen LogP contribution is 2.54. The molecule has 0 radical (unpaired) electrons. The lowest BCUT2D eigenvalue weighted by atomic mass is 9.62. The van der Waals surface area contributed by atoms with Crippen LogP contribution in [0.2, 0.25) is 0 Å². The fourth-order valence-corrected chi connectivity index (χ4v) is 5.31. The Morgan fingerprint density at radius 3 is 2.74 bits per heavy atom. The quantitative estimate of drug-likeness (QED) is 0.781. The molecule has 3 aliphatic rings. The van der Waals surface area contributed by atoms with Crippen molar-refractivity contribution >= 4 is 27.7 Å². The molecule has 1 saturated carbocycles. The molecule has 116 valence electrons. The molecule has 0 amide bonds. The monoisotopic (exact) mass is 320 g/mol. The molecule has 1 aliphatic carbocycles. The fourth-order valence-electron chi connectivity index (χ4n) is 4.21. The molecule has 2 aromatic rings. The van der Waals surface area contributed by atoms with Gasteiger partial charge in [0.25, 0.3) is 0 Å². The van der Waals surface area contributed by atoms with E-state index >= 15 is 0 Å². The number of nitrogens with zero attached hydrogens (tertiary/aromatic N) is 2. The summed E-state index contributed by atoms with van der Waals surface area (Å²) in [6.07, 6.45) is 3.84. The number of benzene rings is 2. The molecule has 2 nitrogen and oxygen atoms in total. The summed E-state index contributed by atoms with van der Waals surface area (Å²) in [6, 6.07) is 16.2. The van der Waals surface area contributed by atoms with E-state index in [1.807, 2.05) is 11.8 Å². The van der Waals surface area contributed by atoms with E-state index in [2.05, 4.69) is 59.7 Å². The summed E-state index contributed by atoms with van der Waals surface area (Å²) in [7, 11) is 0. The van der Waals surface area contributed by atoms with Gasteiger partial charge in [-0.05, 0) is 41.5 Å². The van der Waals surface area contributed by atoms with Gasteiger partial charge in [0.1, 0.15) is 0 Å². The number of aliphatic imine (C=N–C) groups is 1. The van der Waals surface area contributed by atoms with Crippen LogP contribution < -0.4 is 0 Å². The number of hydrogen-bond donors (Lipinski definition) is 0. The SMILES string of the molecule is CC1CN=C2SC=C(C3(c4ccc5ccccc5c4)CCC3)N21. The number of rotatable bonds is 2. The second kappa shape index (κ2) is 4.88. The van der Waals surface area contributed by atoms with E-state index in [-0.39, 0.29) is 5.41 Å². The number of allylic oxidation sites excluding steroid dienone is 1. The largest absolute Gasteiger partial charge is 0.319 e. The van der Waals surface area contributed by atoms with Crippen LogP contribution in [0.4, 0.5) is 0 Å². The van der Waals surface area contributed by atoms with Crippen molar-refractivity contribution in [3.8, 4) is 0 Å². The Morgan fingerprint density at radius 2 is 1.96 bits per heavy atom. The molecule has 2 heterocycles. The van der Waals surface area contributed by atoms with E-state index in [1.165, 1.54) is 46.5 Å². The average molecular weight is 320 g/mol. The lowest BCUT2D eigenvalue weighted by Crippen LogP contribution is -2.44. The van der Waals surface area contributed by atoms with Crippen molar-refractivity contribution in [3.63, 3.8) is 0 Å². The molecule has 0 N–H and O–H groups in total. The summed E-state index contributed by atoms with van der Waals surface area (Å²) in [5.41, 5.74) is 3.18. The first-order chi connectivity index (χ1) is 11.3. The Morgan fingerprint density at radius 1 is 1.13 bits per heavy atom. The standard InChI is InChI=1S/C20H20N2S/c1-14-12-21-19-22(14)18(13-23-19)20(9-4-10-20)17-8-7-15-5-2-3-6-16(15)11-17/h2-3,5-8,11,13-14H,4,9-10,12H2,1H3. The second-order valence-corrected chi connectivity index (χ2v) is 7.80. The van der Waals surface area contributed by atoms with Crippen molar-refractivity contribution < 1.29 is 0 Å². The molecule has 2 aromatic carbocycles. The minimum atomic E-state index is 0.201. The number of amidine groups is 1. The zero-order valence-electron chi connectivity index (χ0n) is 13.3. The molecule has 23 heavy (non-hydrogen) atoms. The molecule has 0 spiro atoms. The molecular formula is C20H20N2S. The lowest BCUT2D eigenvalue weighted by molar-refractivity contribution is 0.237. The maximum Gasteiger partial charge on any atom is 0.168 e. The Balaban J connectivity index is 1.62. The maximum absolute atomic E-state index is 4.70.